The van der Waals surface area contributed by atoms with Gasteiger partial charge in [0.15, 0.2) is 11.5 Å². The summed E-state index contributed by atoms with van der Waals surface area (Å²) in [6.07, 6.45) is 5.12. The van der Waals surface area contributed by atoms with E-state index < -0.39 is 0 Å². The summed E-state index contributed by atoms with van der Waals surface area (Å²) in [6, 6.07) is 16.0. The van der Waals surface area contributed by atoms with Crippen LogP contribution in [0.2, 0.25) is 0 Å². The highest BCUT2D eigenvalue weighted by atomic mass is 16.5. The van der Waals surface area contributed by atoms with Crippen molar-refractivity contribution < 1.29 is 19.0 Å². The van der Waals surface area contributed by atoms with Crippen molar-refractivity contribution in [2.45, 2.75) is 0 Å². The van der Waals surface area contributed by atoms with E-state index in [0.29, 0.717) is 34.1 Å². The third-order valence-electron chi connectivity index (χ3n) is 4.52. The molecule has 0 spiro atoms. The molecule has 0 aliphatic heterocycles. The molecule has 0 saturated carbocycles. The van der Waals surface area contributed by atoms with Crippen LogP contribution >= 0.6 is 0 Å². The van der Waals surface area contributed by atoms with Crippen molar-refractivity contribution in [3.63, 3.8) is 0 Å². The first kappa shape index (κ1) is 21.4. The largest absolute Gasteiger partial charge is 0.493 e. The lowest BCUT2D eigenvalue weighted by molar-refractivity contribution is 0.102. The number of benzene rings is 2. The van der Waals surface area contributed by atoms with Crippen molar-refractivity contribution in [1.29, 1.82) is 5.26 Å². The van der Waals surface area contributed by atoms with Crippen molar-refractivity contribution >= 4 is 23.2 Å². The van der Waals surface area contributed by atoms with Crippen LogP contribution in [0.1, 0.15) is 21.5 Å². The number of allylic oxidation sites excluding steroid dienone is 1. The summed E-state index contributed by atoms with van der Waals surface area (Å²) < 4.78 is 15.9. The van der Waals surface area contributed by atoms with Gasteiger partial charge in [-0.3, -0.25) is 9.78 Å². The maximum absolute atomic E-state index is 12.7. The number of carbonyl (C=O) groups excluding carboxylic acids is 1. The molecule has 0 saturated heterocycles. The molecule has 7 heteroatoms. The van der Waals surface area contributed by atoms with Crippen molar-refractivity contribution in [2.24, 2.45) is 0 Å². The molecule has 1 amide bonds. The van der Waals surface area contributed by atoms with Crippen LogP contribution in [0.25, 0.3) is 11.6 Å². The summed E-state index contributed by atoms with van der Waals surface area (Å²) in [5.41, 5.74) is 3.07. The normalized spacial score (nSPS) is 10.7. The van der Waals surface area contributed by atoms with Crippen LogP contribution in [0.3, 0.4) is 0 Å². The average molecular weight is 415 g/mol. The van der Waals surface area contributed by atoms with Crippen molar-refractivity contribution in [3.8, 4) is 23.3 Å². The molecule has 1 heterocycles. The minimum atomic E-state index is -0.333. The van der Waals surface area contributed by atoms with E-state index in [0.717, 1.165) is 11.1 Å². The number of hydrogen-bond acceptors (Lipinski definition) is 6. The molecule has 1 aromatic heterocycles. The van der Waals surface area contributed by atoms with Crippen LogP contribution in [0.5, 0.6) is 17.2 Å². The fourth-order valence-corrected chi connectivity index (χ4v) is 2.96. The minimum Gasteiger partial charge on any atom is -0.493 e. The van der Waals surface area contributed by atoms with E-state index in [4.69, 9.17) is 14.2 Å². The highest BCUT2D eigenvalue weighted by Crippen LogP contribution is 2.38. The zero-order valence-electron chi connectivity index (χ0n) is 17.4. The predicted octanol–water partition coefficient (Wildman–Crippen LogP) is 4.42. The number of hydrogen-bond donors (Lipinski definition) is 1. The summed E-state index contributed by atoms with van der Waals surface area (Å²) >= 11 is 0. The highest BCUT2D eigenvalue weighted by molar-refractivity contribution is 6.05. The van der Waals surface area contributed by atoms with Gasteiger partial charge in [-0.1, -0.05) is 12.1 Å². The lowest BCUT2D eigenvalue weighted by Crippen LogP contribution is -2.12. The Kier molecular flexibility index (Phi) is 6.86. The second-order valence-electron chi connectivity index (χ2n) is 6.40. The van der Waals surface area contributed by atoms with Gasteiger partial charge in [-0.25, -0.2) is 0 Å². The van der Waals surface area contributed by atoms with Gasteiger partial charge in [-0.05, 0) is 53.6 Å². The predicted molar refractivity (Wildman–Crippen MR) is 118 cm³/mol. The van der Waals surface area contributed by atoms with Crippen LogP contribution in [-0.2, 0) is 0 Å². The maximum Gasteiger partial charge on any atom is 0.255 e. The molecule has 0 aliphatic rings. The van der Waals surface area contributed by atoms with E-state index in [-0.39, 0.29) is 5.91 Å². The van der Waals surface area contributed by atoms with Crippen LogP contribution < -0.4 is 19.5 Å². The van der Waals surface area contributed by atoms with Gasteiger partial charge in [0.1, 0.15) is 0 Å². The molecule has 0 fully saturated rings. The monoisotopic (exact) mass is 415 g/mol. The third-order valence-corrected chi connectivity index (χ3v) is 4.52. The minimum absolute atomic E-state index is 0.333. The molecule has 3 aromatic rings. The summed E-state index contributed by atoms with van der Waals surface area (Å²) in [7, 11) is 4.48. The number of nitriles is 1. The van der Waals surface area contributed by atoms with Crippen molar-refractivity contribution in [3.05, 3.63) is 77.6 Å². The SMILES string of the molecule is COc1cc(C(=O)Nc2ccc(/C(C#N)=C\c3ccncc3)cc2)cc(OC)c1OC. The third kappa shape index (κ3) is 5.00. The van der Waals surface area contributed by atoms with E-state index >= 15 is 0 Å². The van der Waals surface area contributed by atoms with Gasteiger partial charge in [0, 0.05) is 23.6 Å². The number of amides is 1. The summed E-state index contributed by atoms with van der Waals surface area (Å²) in [5.74, 6) is 0.861. The summed E-state index contributed by atoms with van der Waals surface area (Å²) in [6.45, 7) is 0. The first-order valence-electron chi connectivity index (χ1n) is 9.33. The molecular weight excluding hydrogens is 394 g/mol. The van der Waals surface area contributed by atoms with Crippen LogP contribution in [-0.4, -0.2) is 32.2 Å². The number of ether oxygens (including phenoxy) is 3. The Morgan fingerprint density at radius 3 is 2.06 bits per heavy atom. The lowest BCUT2D eigenvalue weighted by atomic mass is 10.0. The second-order valence-corrected chi connectivity index (χ2v) is 6.40. The number of carbonyl (C=O) groups is 1. The Morgan fingerprint density at radius 2 is 1.55 bits per heavy atom. The molecule has 0 bridgehead atoms. The van der Waals surface area contributed by atoms with Gasteiger partial charge in [0.25, 0.3) is 5.91 Å². The molecule has 156 valence electrons. The van der Waals surface area contributed by atoms with Gasteiger partial charge in [0.05, 0.1) is 33.0 Å². The topological polar surface area (TPSA) is 93.5 Å². The first-order valence-corrected chi connectivity index (χ1v) is 9.33. The van der Waals surface area contributed by atoms with Gasteiger partial charge in [-0.2, -0.15) is 5.26 Å². The summed E-state index contributed by atoms with van der Waals surface area (Å²) in [4.78, 5) is 16.7. The van der Waals surface area contributed by atoms with Crippen LogP contribution in [0.4, 0.5) is 5.69 Å². The number of pyridine rings is 1. The van der Waals surface area contributed by atoms with E-state index in [2.05, 4.69) is 16.4 Å². The van der Waals surface area contributed by atoms with Crippen molar-refractivity contribution in [2.75, 3.05) is 26.6 Å². The fourth-order valence-electron chi connectivity index (χ4n) is 2.96. The van der Waals surface area contributed by atoms with Crippen LogP contribution in [0, 0.1) is 11.3 Å². The molecule has 1 N–H and O–H groups in total. The Morgan fingerprint density at radius 1 is 0.935 bits per heavy atom. The molecule has 0 radical (unpaired) electrons. The molecular formula is C24H21N3O4. The van der Waals surface area contributed by atoms with Gasteiger partial charge >= 0.3 is 0 Å². The molecule has 3 rings (SSSR count). The van der Waals surface area contributed by atoms with E-state index in [1.54, 1.807) is 54.9 Å². The molecule has 0 aliphatic carbocycles. The Hall–Kier alpha value is -4.31. The zero-order valence-corrected chi connectivity index (χ0v) is 17.4. The van der Waals surface area contributed by atoms with Gasteiger partial charge in [0.2, 0.25) is 5.75 Å². The van der Waals surface area contributed by atoms with E-state index in [1.807, 2.05) is 12.1 Å². The molecule has 31 heavy (non-hydrogen) atoms. The van der Waals surface area contributed by atoms with Crippen LogP contribution in [0.15, 0.2) is 60.9 Å². The Balaban J connectivity index is 1.81. The number of nitrogens with one attached hydrogen (secondary N) is 1. The molecule has 0 unspecified atom stereocenters. The number of aromatic nitrogens is 1. The van der Waals surface area contributed by atoms with Gasteiger partial charge in [-0.15, -0.1) is 0 Å². The van der Waals surface area contributed by atoms with Gasteiger partial charge < -0.3 is 19.5 Å². The average Bonchev–Trinajstić information content (AvgIpc) is 2.82. The number of methoxy groups -OCH3 is 3. The Bertz CT molecular complexity index is 1110. The zero-order chi connectivity index (χ0) is 22.2. The number of rotatable bonds is 7. The fraction of sp³-hybridized carbons (Fsp3) is 0.125. The highest BCUT2D eigenvalue weighted by Gasteiger charge is 2.17. The molecule has 0 atom stereocenters. The Labute approximate surface area is 180 Å². The standard InChI is InChI=1S/C24H21N3O4/c1-29-21-13-18(14-22(30-2)23(21)31-3)24(28)27-20-6-4-17(5-7-20)19(15-25)12-16-8-10-26-11-9-16/h4-14H,1-3H3,(H,27,28)/b19-12-. The second kappa shape index (κ2) is 9.94. The number of nitrogens with zero attached hydrogens (tertiary/aromatic N) is 2. The summed E-state index contributed by atoms with van der Waals surface area (Å²) in [5, 5.41) is 12.3. The van der Waals surface area contributed by atoms with E-state index in [1.165, 1.54) is 21.3 Å². The molecule has 2 aromatic carbocycles. The quantitative estimate of drug-likeness (QED) is 0.574. The number of anilines is 1. The lowest BCUT2D eigenvalue weighted by Gasteiger charge is -2.14. The van der Waals surface area contributed by atoms with Crippen molar-refractivity contribution in [1.82, 2.24) is 4.98 Å². The smallest absolute Gasteiger partial charge is 0.255 e. The van der Waals surface area contributed by atoms with E-state index in [9.17, 15) is 10.1 Å². The maximum atomic E-state index is 12.7. The first-order chi connectivity index (χ1) is 15.1. The molecule has 7 nitrogen and oxygen atoms in total.